The molecule has 0 aliphatic carbocycles. The predicted octanol–water partition coefficient (Wildman–Crippen LogP) is 2.62. The summed E-state index contributed by atoms with van der Waals surface area (Å²) in [7, 11) is 1.67. The van der Waals surface area contributed by atoms with E-state index >= 15 is 0 Å². The van der Waals surface area contributed by atoms with Crippen LogP contribution in [0.15, 0.2) is 24.3 Å². The van der Waals surface area contributed by atoms with Crippen molar-refractivity contribution < 1.29 is 4.74 Å². The summed E-state index contributed by atoms with van der Waals surface area (Å²) in [6.45, 7) is 4.96. The number of benzene rings is 1. The van der Waals surface area contributed by atoms with Gasteiger partial charge in [0.05, 0.1) is 7.11 Å². The number of anilines is 1. The second kappa shape index (κ2) is 5.75. The van der Waals surface area contributed by atoms with Crippen LogP contribution in [0.25, 0.3) is 0 Å². The molecule has 3 nitrogen and oxygen atoms in total. The Bertz CT molecular complexity index is 296. The highest BCUT2D eigenvalue weighted by Gasteiger charge is 2.23. The van der Waals surface area contributed by atoms with Crippen LogP contribution >= 0.6 is 0 Å². The summed E-state index contributed by atoms with van der Waals surface area (Å²) in [5.74, 6) is 0.872. The minimum Gasteiger partial charge on any atom is -0.497 e. The number of rotatable bonds is 6. The zero-order chi connectivity index (χ0) is 12.0. The van der Waals surface area contributed by atoms with Gasteiger partial charge in [-0.1, -0.05) is 13.8 Å². The van der Waals surface area contributed by atoms with Gasteiger partial charge in [-0.3, -0.25) is 0 Å². The molecule has 3 heteroatoms. The molecule has 0 amide bonds. The molecule has 0 aliphatic rings. The number of nitrogens with one attached hydrogen (secondary N) is 1. The molecule has 0 radical (unpaired) electrons. The van der Waals surface area contributed by atoms with Gasteiger partial charge >= 0.3 is 0 Å². The molecule has 0 saturated carbocycles. The molecular weight excluding hydrogens is 200 g/mol. The molecule has 0 aromatic heterocycles. The van der Waals surface area contributed by atoms with Crippen LogP contribution in [0.3, 0.4) is 0 Å². The second-order valence-electron chi connectivity index (χ2n) is 4.05. The zero-order valence-electron chi connectivity index (χ0n) is 10.4. The Hall–Kier alpha value is -1.22. The Morgan fingerprint density at radius 2 is 1.75 bits per heavy atom. The number of ether oxygens (including phenoxy) is 1. The maximum atomic E-state index is 5.85. The van der Waals surface area contributed by atoms with Crippen molar-refractivity contribution in [3.05, 3.63) is 24.3 Å². The van der Waals surface area contributed by atoms with E-state index < -0.39 is 0 Å². The third kappa shape index (κ3) is 2.89. The minimum absolute atomic E-state index is 0.00852. The van der Waals surface area contributed by atoms with Crippen molar-refractivity contribution in [2.24, 2.45) is 5.73 Å². The summed E-state index contributed by atoms with van der Waals surface area (Å²) in [6, 6.07) is 7.95. The van der Waals surface area contributed by atoms with Gasteiger partial charge in [0.1, 0.15) is 5.75 Å². The second-order valence-corrected chi connectivity index (χ2v) is 4.05. The zero-order valence-corrected chi connectivity index (χ0v) is 10.4. The molecule has 3 N–H and O–H groups in total. The minimum atomic E-state index is 0.00852. The van der Waals surface area contributed by atoms with E-state index in [0.717, 1.165) is 24.3 Å². The van der Waals surface area contributed by atoms with Crippen LogP contribution in [0.1, 0.15) is 26.7 Å². The predicted molar refractivity (Wildman–Crippen MR) is 69.0 cm³/mol. The first-order chi connectivity index (χ1) is 7.69. The van der Waals surface area contributed by atoms with Crippen molar-refractivity contribution in [3.63, 3.8) is 0 Å². The lowest BCUT2D eigenvalue weighted by molar-refractivity contribution is 0.414. The van der Waals surface area contributed by atoms with Crippen LogP contribution in [0, 0.1) is 0 Å². The molecule has 0 fully saturated rings. The van der Waals surface area contributed by atoms with Gasteiger partial charge in [0.25, 0.3) is 0 Å². The van der Waals surface area contributed by atoms with Crippen molar-refractivity contribution in [3.8, 4) is 5.75 Å². The van der Waals surface area contributed by atoms with E-state index in [2.05, 4.69) is 19.2 Å². The average Bonchev–Trinajstić information content (AvgIpc) is 2.37. The molecule has 0 bridgehead atoms. The van der Waals surface area contributed by atoms with Gasteiger partial charge in [-0.2, -0.15) is 0 Å². The van der Waals surface area contributed by atoms with Crippen LogP contribution in [0.4, 0.5) is 5.69 Å². The molecule has 0 heterocycles. The smallest absolute Gasteiger partial charge is 0.119 e. The summed E-state index contributed by atoms with van der Waals surface area (Å²) in [4.78, 5) is 0. The van der Waals surface area contributed by atoms with Crippen LogP contribution in [0.2, 0.25) is 0 Å². The molecule has 1 aromatic rings. The molecule has 1 aromatic carbocycles. The van der Waals surface area contributed by atoms with Crippen molar-refractivity contribution in [1.82, 2.24) is 0 Å². The lowest BCUT2D eigenvalue weighted by Crippen LogP contribution is -2.44. The molecule has 0 atom stereocenters. The molecule has 0 saturated heterocycles. The third-order valence-corrected chi connectivity index (χ3v) is 3.24. The maximum Gasteiger partial charge on any atom is 0.119 e. The van der Waals surface area contributed by atoms with E-state index in [1.54, 1.807) is 7.11 Å². The van der Waals surface area contributed by atoms with Gasteiger partial charge in [0.15, 0.2) is 0 Å². The Kier molecular flexibility index (Phi) is 4.62. The highest BCUT2D eigenvalue weighted by Crippen LogP contribution is 2.23. The summed E-state index contributed by atoms with van der Waals surface area (Å²) >= 11 is 0. The first kappa shape index (κ1) is 12.8. The van der Waals surface area contributed by atoms with Crippen LogP contribution < -0.4 is 15.8 Å². The Labute approximate surface area is 98.0 Å². The molecular formula is C13H22N2O. The standard InChI is InChI=1S/C13H22N2O/c1-4-13(5-2,10-14)15-11-6-8-12(16-3)9-7-11/h6-9,15H,4-5,10,14H2,1-3H3. The fourth-order valence-electron chi connectivity index (χ4n) is 1.75. The van der Waals surface area contributed by atoms with E-state index in [0.29, 0.717) is 6.54 Å². The summed E-state index contributed by atoms with van der Waals surface area (Å²) in [5.41, 5.74) is 6.95. The van der Waals surface area contributed by atoms with Gasteiger partial charge in [0, 0.05) is 17.8 Å². The number of hydrogen-bond donors (Lipinski definition) is 2. The largest absolute Gasteiger partial charge is 0.497 e. The molecule has 0 unspecified atom stereocenters. The van der Waals surface area contributed by atoms with Crippen molar-refractivity contribution in [2.45, 2.75) is 32.2 Å². The lowest BCUT2D eigenvalue weighted by Gasteiger charge is -2.32. The van der Waals surface area contributed by atoms with Crippen molar-refractivity contribution in [1.29, 1.82) is 0 Å². The van der Waals surface area contributed by atoms with E-state index in [1.807, 2.05) is 24.3 Å². The monoisotopic (exact) mass is 222 g/mol. The quantitative estimate of drug-likeness (QED) is 0.778. The number of hydrogen-bond acceptors (Lipinski definition) is 3. The summed E-state index contributed by atoms with van der Waals surface area (Å²) in [5, 5.41) is 3.51. The highest BCUT2D eigenvalue weighted by molar-refractivity contribution is 5.48. The van der Waals surface area contributed by atoms with E-state index in [1.165, 1.54) is 0 Å². The number of methoxy groups -OCH3 is 1. The normalized spacial score (nSPS) is 11.2. The van der Waals surface area contributed by atoms with Gasteiger partial charge in [-0.15, -0.1) is 0 Å². The van der Waals surface area contributed by atoms with E-state index in [-0.39, 0.29) is 5.54 Å². The Morgan fingerprint density at radius 1 is 1.19 bits per heavy atom. The van der Waals surface area contributed by atoms with Crippen molar-refractivity contribution in [2.75, 3.05) is 19.0 Å². The van der Waals surface area contributed by atoms with E-state index in [4.69, 9.17) is 10.5 Å². The maximum absolute atomic E-state index is 5.85. The topological polar surface area (TPSA) is 47.3 Å². The first-order valence-electron chi connectivity index (χ1n) is 5.82. The fourth-order valence-corrected chi connectivity index (χ4v) is 1.75. The van der Waals surface area contributed by atoms with Crippen LogP contribution in [-0.4, -0.2) is 19.2 Å². The third-order valence-electron chi connectivity index (χ3n) is 3.24. The van der Waals surface area contributed by atoms with Gasteiger partial charge in [-0.25, -0.2) is 0 Å². The van der Waals surface area contributed by atoms with Gasteiger partial charge in [0.2, 0.25) is 0 Å². The Balaban J connectivity index is 2.77. The SMILES string of the molecule is CCC(CC)(CN)Nc1ccc(OC)cc1. The molecule has 0 aliphatic heterocycles. The van der Waals surface area contributed by atoms with Crippen LogP contribution in [-0.2, 0) is 0 Å². The lowest BCUT2D eigenvalue weighted by atomic mass is 9.92. The average molecular weight is 222 g/mol. The van der Waals surface area contributed by atoms with Crippen molar-refractivity contribution >= 4 is 5.69 Å². The Morgan fingerprint density at radius 3 is 2.12 bits per heavy atom. The van der Waals surface area contributed by atoms with E-state index in [9.17, 15) is 0 Å². The molecule has 16 heavy (non-hydrogen) atoms. The first-order valence-corrected chi connectivity index (χ1v) is 5.82. The van der Waals surface area contributed by atoms with Gasteiger partial charge < -0.3 is 15.8 Å². The number of nitrogens with two attached hydrogens (primary N) is 1. The molecule has 90 valence electrons. The summed E-state index contributed by atoms with van der Waals surface area (Å²) in [6.07, 6.45) is 2.04. The summed E-state index contributed by atoms with van der Waals surface area (Å²) < 4.78 is 5.13. The van der Waals surface area contributed by atoms with Gasteiger partial charge in [-0.05, 0) is 37.1 Å². The van der Waals surface area contributed by atoms with Crippen LogP contribution in [0.5, 0.6) is 5.75 Å². The molecule has 0 spiro atoms. The highest BCUT2D eigenvalue weighted by atomic mass is 16.5. The molecule has 1 rings (SSSR count). The fraction of sp³-hybridized carbons (Fsp3) is 0.538.